The van der Waals surface area contributed by atoms with E-state index in [1.165, 1.54) is 0 Å². The number of nitrogens with zero attached hydrogens (tertiary/aromatic N) is 3. The topological polar surface area (TPSA) is 65.0 Å². The zero-order valence-corrected chi connectivity index (χ0v) is 26.3. The van der Waals surface area contributed by atoms with Crippen molar-refractivity contribution in [3.8, 4) is 56.4 Å². The smallest absolute Gasteiger partial charge is 0.164 e. The van der Waals surface area contributed by atoms with E-state index in [9.17, 15) is 5.48 Å². The maximum atomic E-state index is 9.49. The number of aromatic nitrogens is 3. The van der Waals surface area contributed by atoms with Gasteiger partial charge in [0.1, 0.15) is 22.3 Å². The second kappa shape index (κ2) is 11.4. The molecule has 0 unspecified atom stereocenters. The third-order valence-corrected chi connectivity index (χ3v) is 8.88. The first-order valence-electron chi connectivity index (χ1n) is 19.1. The molecule has 0 saturated heterocycles. The Kier molecular flexibility index (Phi) is 5.17. The number of benzene rings is 7. The number of para-hydroxylation sites is 1. The molecule has 3 aromatic heterocycles. The minimum Gasteiger partial charge on any atom is -0.456 e. The van der Waals surface area contributed by atoms with Gasteiger partial charge in [0.25, 0.3) is 0 Å². The highest BCUT2D eigenvalue weighted by atomic mass is 16.3. The third-order valence-electron chi connectivity index (χ3n) is 8.88. The summed E-state index contributed by atoms with van der Waals surface area (Å²) >= 11 is 0. The Morgan fingerprint density at radius 2 is 1.02 bits per heavy atom. The molecule has 3 heterocycles. The lowest BCUT2D eigenvalue weighted by atomic mass is 9.91. The summed E-state index contributed by atoms with van der Waals surface area (Å²) in [4.78, 5) is 14.2. The standard InChI is InChI=1S/C45H27N3O2/c1-3-12-28(13-4-1)43-46-44(29-14-5-2-6-15-29)48-45(47-43)31-23-25-37-41(27-31)50-39-21-11-19-36(42(37)39)33-17-8-7-16-32(33)30-22-24-35-34-18-9-10-20-38(34)49-40(35)26-30/h1-27H/i11D,19D,21D,23D,25D,27D. The van der Waals surface area contributed by atoms with Crippen molar-refractivity contribution in [2.24, 2.45) is 0 Å². The van der Waals surface area contributed by atoms with Crippen LogP contribution in [0.25, 0.3) is 100 Å². The lowest BCUT2D eigenvalue weighted by Crippen LogP contribution is -2.00. The SMILES string of the molecule is [2H]c1c([2H])c(-c2ccccc2-c2ccc3c(c2)oc2ccccc23)c2c(oc3c([2H])c(-c4nc(-c5ccccc5)nc(-c5ccccc5)n4)c([2H])c([2H])c32)c1[2H]. The van der Waals surface area contributed by atoms with Gasteiger partial charge in [0.15, 0.2) is 17.5 Å². The van der Waals surface area contributed by atoms with E-state index in [2.05, 4.69) is 0 Å². The number of hydrogen-bond acceptors (Lipinski definition) is 5. The fourth-order valence-corrected chi connectivity index (χ4v) is 6.53. The molecule has 0 saturated carbocycles. The lowest BCUT2D eigenvalue weighted by molar-refractivity contribution is 0.668. The fourth-order valence-electron chi connectivity index (χ4n) is 6.53. The van der Waals surface area contributed by atoms with Crippen molar-refractivity contribution in [3.63, 3.8) is 0 Å². The molecular formula is C45H27N3O2. The Bertz CT molecular complexity index is 3160. The Balaban J connectivity index is 1.23. The van der Waals surface area contributed by atoms with Crippen LogP contribution in [0.2, 0.25) is 0 Å². The van der Waals surface area contributed by atoms with Gasteiger partial charge in [-0.1, -0.05) is 127 Å². The van der Waals surface area contributed by atoms with Crippen LogP contribution in [0.15, 0.2) is 172 Å². The van der Waals surface area contributed by atoms with E-state index < -0.39 is 0 Å². The first-order chi connectivity index (χ1) is 27.3. The molecule has 0 bridgehead atoms. The predicted octanol–water partition coefficient (Wildman–Crippen LogP) is 12.0. The highest BCUT2D eigenvalue weighted by molar-refractivity contribution is 6.14. The number of fused-ring (bicyclic) bond motifs is 6. The van der Waals surface area contributed by atoms with E-state index in [4.69, 9.17) is 26.5 Å². The van der Waals surface area contributed by atoms with E-state index in [1.54, 1.807) is 0 Å². The largest absolute Gasteiger partial charge is 0.456 e. The summed E-state index contributed by atoms with van der Waals surface area (Å²) in [7, 11) is 0. The average molecular weight is 648 g/mol. The highest BCUT2D eigenvalue weighted by Gasteiger charge is 2.18. The number of rotatable bonds is 5. The molecule has 0 spiro atoms. The second-order valence-corrected chi connectivity index (χ2v) is 11.9. The summed E-state index contributed by atoms with van der Waals surface area (Å²) < 4.78 is 67.8. The molecule has 0 fully saturated rings. The zero-order valence-electron chi connectivity index (χ0n) is 32.3. The molecule has 0 aliphatic carbocycles. The lowest BCUT2D eigenvalue weighted by Gasteiger charge is -2.11. The van der Waals surface area contributed by atoms with Gasteiger partial charge in [-0.3, -0.25) is 0 Å². The van der Waals surface area contributed by atoms with Crippen molar-refractivity contribution in [1.29, 1.82) is 0 Å². The van der Waals surface area contributed by atoms with Crippen LogP contribution in [0, 0.1) is 0 Å². The van der Waals surface area contributed by atoms with Crippen LogP contribution in [0.5, 0.6) is 0 Å². The second-order valence-electron chi connectivity index (χ2n) is 11.9. The summed E-state index contributed by atoms with van der Waals surface area (Å²) in [6.07, 6.45) is 0. The average Bonchev–Trinajstić information content (AvgIpc) is 3.82. The van der Waals surface area contributed by atoms with E-state index in [0.29, 0.717) is 33.9 Å². The Labute approximate surface area is 295 Å². The van der Waals surface area contributed by atoms with Crippen molar-refractivity contribution >= 4 is 43.9 Å². The minimum atomic E-state index is -0.365. The predicted molar refractivity (Wildman–Crippen MR) is 202 cm³/mol. The van der Waals surface area contributed by atoms with Crippen LogP contribution in [0.3, 0.4) is 0 Å². The minimum absolute atomic E-state index is 0.0172. The van der Waals surface area contributed by atoms with Crippen LogP contribution in [0.4, 0.5) is 0 Å². The Morgan fingerprint density at radius 1 is 0.400 bits per heavy atom. The van der Waals surface area contributed by atoms with Gasteiger partial charge in [0, 0.05) is 38.2 Å². The third kappa shape index (κ3) is 4.67. The molecule has 0 aliphatic heterocycles. The Hall–Kier alpha value is -6.85. The monoisotopic (exact) mass is 647 g/mol. The van der Waals surface area contributed by atoms with Gasteiger partial charge in [-0.05, 0) is 58.6 Å². The summed E-state index contributed by atoms with van der Waals surface area (Å²) in [6.45, 7) is 0. The van der Waals surface area contributed by atoms with Gasteiger partial charge in [0.05, 0.1) is 8.22 Å². The maximum Gasteiger partial charge on any atom is 0.164 e. The molecule has 0 amide bonds. The fraction of sp³-hybridized carbons (Fsp3) is 0. The van der Waals surface area contributed by atoms with Crippen LogP contribution in [0.1, 0.15) is 8.22 Å². The molecule has 10 rings (SSSR count). The first kappa shape index (κ1) is 22.7. The molecule has 0 atom stereocenters. The summed E-state index contributed by atoms with van der Waals surface area (Å²) in [6, 6.07) is 38.0. The van der Waals surface area contributed by atoms with Crippen LogP contribution >= 0.6 is 0 Å². The van der Waals surface area contributed by atoms with E-state index >= 15 is 0 Å². The van der Waals surface area contributed by atoms with Gasteiger partial charge in [-0.25, -0.2) is 15.0 Å². The molecular weight excluding hydrogens is 615 g/mol. The van der Waals surface area contributed by atoms with Crippen LogP contribution < -0.4 is 0 Å². The van der Waals surface area contributed by atoms with Crippen LogP contribution in [-0.4, -0.2) is 15.0 Å². The van der Waals surface area contributed by atoms with Gasteiger partial charge in [0.2, 0.25) is 0 Å². The van der Waals surface area contributed by atoms with Crippen molar-refractivity contribution in [2.45, 2.75) is 0 Å². The molecule has 5 heteroatoms. The normalized spacial score (nSPS) is 13.3. The molecule has 0 aliphatic rings. The van der Waals surface area contributed by atoms with Crippen molar-refractivity contribution < 1.29 is 17.1 Å². The van der Waals surface area contributed by atoms with Gasteiger partial charge in [-0.15, -0.1) is 0 Å². The molecule has 234 valence electrons. The summed E-state index contributed by atoms with van der Waals surface area (Å²) in [5.74, 6) is 0.675. The van der Waals surface area contributed by atoms with Gasteiger partial charge >= 0.3 is 0 Å². The molecule has 50 heavy (non-hydrogen) atoms. The summed E-state index contributed by atoms with van der Waals surface area (Å²) in [5.41, 5.74) is 5.05. The summed E-state index contributed by atoms with van der Waals surface area (Å²) in [5, 5.41) is 2.27. The van der Waals surface area contributed by atoms with E-state index in [0.717, 1.165) is 27.5 Å². The molecule has 0 N–H and O–H groups in total. The number of furan rings is 2. The van der Waals surface area contributed by atoms with Gasteiger partial charge in [-0.2, -0.15) is 0 Å². The molecule has 7 aromatic carbocycles. The van der Waals surface area contributed by atoms with Crippen molar-refractivity contribution in [2.75, 3.05) is 0 Å². The highest BCUT2D eigenvalue weighted by Crippen LogP contribution is 2.42. The van der Waals surface area contributed by atoms with Crippen LogP contribution in [-0.2, 0) is 0 Å². The maximum absolute atomic E-state index is 9.49. The number of hydrogen-bond donors (Lipinski definition) is 0. The zero-order chi connectivity index (χ0) is 38.2. The molecule has 10 aromatic rings. The van der Waals surface area contributed by atoms with Crippen molar-refractivity contribution in [3.05, 3.63) is 164 Å². The van der Waals surface area contributed by atoms with Gasteiger partial charge < -0.3 is 8.83 Å². The molecule has 5 nitrogen and oxygen atoms in total. The molecule has 0 radical (unpaired) electrons. The Morgan fingerprint density at radius 3 is 1.78 bits per heavy atom. The van der Waals surface area contributed by atoms with E-state index in [-0.39, 0.29) is 75.1 Å². The van der Waals surface area contributed by atoms with E-state index in [1.807, 2.05) is 127 Å². The first-order valence-corrected chi connectivity index (χ1v) is 16.1. The van der Waals surface area contributed by atoms with Crippen molar-refractivity contribution in [1.82, 2.24) is 15.0 Å². The quantitative estimate of drug-likeness (QED) is 0.186.